The van der Waals surface area contributed by atoms with Crippen molar-refractivity contribution in [2.45, 2.75) is 33.0 Å². The van der Waals surface area contributed by atoms with Crippen LogP contribution in [0.25, 0.3) is 10.9 Å². The zero-order chi connectivity index (χ0) is 13.1. The zero-order valence-corrected chi connectivity index (χ0v) is 10.8. The smallest absolute Gasteiger partial charge is 0.293 e. The van der Waals surface area contributed by atoms with E-state index in [0.717, 1.165) is 22.2 Å². The summed E-state index contributed by atoms with van der Waals surface area (Å²) in [5.41, 5.74) is 1.89. The van der Waals surface area contributed by atoms with Crippen LogP contribution >= 0.6 is 0 Å². The van der Waals surface area contributed by atoms with Crippen molar-refractivity contribution in [3.8, 4) is 5.75 Å². The van der Waals surface area contributed by atoms with Crippen LogP contribution in [0.1, 0.15) is 32.4 Å². The molecule has 1 atom stereocenters. The highest BCUT2D eigenvalue weighted by molar-refractivity contribution is 5.86. The molecule has 4 heteroatoms. The summed E-state index contributed by atoms with van der Waals surface area (Å²) in [6, 6.07) is 5.86. The monoisotopic (exact) mass is 247 g/mol. The Labute approximate surface area is 106 Å². The number of benzene rings is 1. The molecule has 1 N–H and O–H groups in total. The second kappa shape index (κ2) is 5.12. The number of carbonyl (C=O) groups is 1. The molecule has 4 nitrogen and oxygen atoms in total. The maximum Gasteiger partial charge on any atom is 0.293 e. The van der Waals surface area contributed by atoms with E-state index in [1.54, 1.807) is 0 Å². The molecule has 2 aromatic rings. The SMILES string of the molecule is CC(C)Oc1cc(C(C)OC=O)cc2[nH]ccc12. The first-order valence-corrected chi connectivity index (χ1v) is 5.98. The lowest BCUT2D eigenvalue weighted by atomic mass is 10.1. The number of nitrogens with one attached hydrogen (secondary N) is 1. The summed E-state index contributed by atoms with van der Waals surface area (Å²) in [5.74, 6) is 0.806. The van der Waals surface area contributed by atoms with Gasteiger partial charge in [-0.1, -0.05) is 0 Å². The fraction of sp³-hybridized carbons (Fsp3) is 0.357. The Kier molecular flexibility index (Phi) is 3.55. The molecule has 0 fully saturated rings. The van der Waals surface area contributed by atoms with Gasteiger partial charge in [-0.15, -0.1) is 0 Å². The third-order valence-corrected chi connectivity index (χ3v) is 2.74. The number of hydrogen-bond acceptors (Lipinski definition) is 3. The molecule has 0 radical (unpaired) electrons. The Morgan fingerprint density at radius 2 is 2.06 bits per heavy atom. The van der Waals surface area contributed by atoms with Gasteiger partial charge in [0.15, 0.2) is 0 Å². The number of aromatic amines is 1. The Bertz CT molecular complexity index is 545. The van der Waals surface area contributed by atoms with E-state index in [-0.39, 0.29) is 12.2 Å². The van der Waals surface area contributed by atoms with Crippen molar-refractivity contribution < 1.29 is 14.3 Å². The number of H-pyrrole nitrogens is 1. The first-order chi connectivity index (χ1) is 8.61. The van der Waals surface area contributed by atoms with E-state index in [0.29, 0.717) is 6.47 Å². The van der Waals surface area contributed by atoms with Gasteiger partial charge in [0, 0.05) is 17.1 Å². The van der Waals surface area contributed by atoms with Crippen LogP contribution in [0, 0.1) is 0 Å². The average Bonchev–Trinajstić information content (AvgIpc) is 2.76. The molecule has 18 heavy (non-hydrogen) atoms. The topological polar surface area (TPSA) is 51.3 Å². The minimum Gasteiger partial charge on any atom is -0.490 e. The van der Waals surface area contributed by atoms with E-state index >= 15 is 0 Å². The molecule has 2 rings (SSSR count). The van der Waals surface area contributed by atoms with E-state index in [2.05, 4.69) is 4.98 Å². The van der Waals surface area contributed by atoms with Crippen LogP contribution in [0.15, 0.2) is 24.4 Å². The second-order valence-corrected chi connectivity index (χ2v) is 4.50. The van der Waals surface area contributed by atoms with Crippen LogP contribution in [0.5, 0.6) is 5.75 Å². The van der Waals surface area contributed by atoms with E-state index in [4.69, 9.17) is 9.47 Å². The molecule has 96 valence electrons. The molecular weight excluding hydrogens is 230 g/mol. The average molecular weight is 247 g/mol. The van der Waals surface area contributed by atoms with Crippen LogP contribution in [-0.4, -0.2) is 17.6 Å². The normalized spacial score (nSPS) is 12.7. The largest absolute Gasteiger partial charge is 0.490 e. The molecule has 0 aliphatic carbocycles. The van der Waals surface area contributed by atoms with Gasteiger partial charge in [-0.25, -0.2) is 0 Å². The number of rotatable bonds is 5. The highest BCUT2D eigenvalue weighted by Gasteiger charge is 2.12. The third-order valence-electron chi connectivity index (χ3n) is 2.74. The van der Waals surface area contributed by atoms with Gasteiger partial charge < -0.3 is 14.5 Å². The van der Waals surface area contributed by atoms with E-state index in [9.17, 15) is 4.79 Å². The molecule has 0 saturated heterocycles. The Balaban J connectivity index is 2.46. The molecular formula is C14H17NO3. The summed E-state index contributed by atoms with van der Waals surface area (Å²) < 4.78 is 10.8. The van der Waals surface area contributed by atoms with Crippen molar-refractivity contribution in [3.63, 3.8) is 0 Å². The first kappa shape index (κ1) is 12.5. The second-order valence-electron chi connectivity index (χ2n) is 4.50. The fourth-order valence-electron chi connectivity index (χ4n) is 1.90. The van der Waals surface area contributed by atoms with Crippen molar-refractivity contribution >= 4 is 17.4 Å². The maximum atomic E-state index is 10.4. The molecule has 1 aromatic heterocycles. The summed E-state index contributed by atoms with van der Waals surface area (Å²) in [5, 5.41) is 1.03. The summed E-state index contributed by atoms with van der Waals surface area (Å²) in [4.78, 5) is 13.6. The summed E-state index contributed by atoms with van der Waals surface area (Å²) >= 11 is 0. The number of fused-ring (bicyclic) bond motifs is 1. The van der Waals surface area contributed by atoms with Crippen LogP contribution in [-0.2, 0) is 9.53 Å². The van der Waals surface area contributed by atoms with Crippen LogP contribution < -0.4 is 4.74 Å². The highest BCUT2D eigenvalue weighted by atomic mass is 16.5. The van der Waals surface area contributed by atoms with Gasteiger partial charge in [0.2, 0.25) is 0 Å². The van der Waals surface area contributed by atoms with Crippen molar-refractivity contribution in [3.05, 3.63) is 30.0 Å². The Hall–Kier alpha value is -1.97. The van der Waals surface area contributed by atoms with Crippen LogP contribution in [0.4, 0.5) is 0 Å². The molecule has 0 aliphatic rings. The van der Waals surface area contributed by atoms with Gasteiger partial charge in [0.05, 0.1) is 6.10 Å². The van der Waals surface area contributed by atoms with Crippen molar-refractivity contribution in [1.29, 1.82) is 0 Å². The predicted molar refractivity (Wildman–Crippen MR) is 69.6 cm³/mol. The van der Waals surface area contributed by atoms with E-state index in [1.807, 2.05) is 45.2 Å². The quantitative estimate of drug-likeness (QED) is 0.825. The van der Waals surface area contributed by atoms with E-state index in [1.165, 1.54) is 0 Å². The molecule has 0 spiro atoms. The molecule has 0 amide bonds. The van der Waals surface area contributed by atoms with Crippen LogP contribution in [0.3, 0.4) is 0 Å². The molecule has 1 aromatic carbocycles. The lowest BCUT2D eigenvalue weighted by Gasteiger charge is -2.15. The maximum absolute atomic E-state index is 10.4. The minimum absolute atomic E-state index is 0.0978. The first-order valence-electron chi connectivity index (χ1n) is 5.98. The predicted octanol–water partition coefficient (Wildman–Crippen LogP) is 3.19. The summed E-state index contributed by atoms with van der Waals surface area (Å²) in [6.07, 6.45) is 1.68. The minimum atomic E-state index is -0.287. The lowest BCUT2D eigenvalue weighted by molar-refractivity contribution is -0.133. The van der Waals surface area contributed by atoms with Gasteiger partial charge in [0.25, 0.3) is 6.47 Å². The number of carbonyl (C=O) groups excluding carboxylic acids is 1. The standard InChI is InChI=1S/C14H17NO3/c1-9(2)18-14-7-11(10(3)17-8-16)6-13-12(14)4-5-15-13/h4-10,15H,1-3H3. The Morgan fingerprint density at radius 3 is 2.72 bits per heavy atom. The lowest BCUT2D eigenvalue weighted by Crippen LogP contribution is -2.07. The molecule has 0 bridgehead atoms. The van der Waals surface area contributed by atoms with Gasteiger partial charge in [0.1, 0.15) is 11.9 Å². The molecule has 0 aliphatic heterocycles. The highest BCUT2D eigenvalue weighted by Crippen LogP contribution is 2.31. The van der Waals surface area contributed by atoms with E-state index < -0.39 is 0 Å². The van der Waals surface area contributed by atoms with Gasteiger partial charge >= 0.3 is 0 Å². The fourth-order valence-corrected chi connectivity index (χ4v) is 1.90. The van der Waals surface area contributed by atoms with Gasteiger partial charge in [-0.05, 0) is 44.5 Å². The summed E-state index contributed by atoms with van der Waals surface area (Å²) in [7, 11) is 0. The Morgan fingerprint density at radius 1 is 1.28 bits per heavy atom. The third kappa shape index (κ3) is 2.47. The number of ether oxygens (including phenoxy) is 2. The summed E-state index contributed by atoms with van der Waals surface area (Å²) in [6.45, 7) is 6.26. The van der Waals surface area contributed by atoms with Crippen molar-refractivity contribution in [2.75, 3.05) is 0 Å². The zero-order valence-electron chi connectivity index (χ0n) is 10.8. The van der Waals surface area contributed by atoms with Gasteiger partial charge in [-0.2, -0.15) is 0 Å². The molecule has 0 saturated carbocycles. The molecule has 1 unspecified atom stereocenters. The van der Waals surface area contributed by atoms with Gasteiger partial charge in [-0.3, -0.25) is 4.79 Å². The van der Waals surface area contributed by atoms with Crippen molar-refractivity contribution in [2.24, 2.45) is 0 Å². The van der Waals surface area contributed by atoms with Crippen molar-refractivity contribution in [1.82, 2.24) is 4.98 Å². The number of aromatic nitrogens is 1. The van der Waals surface area contributed by atoms with Crippen LogP contribution in [0.2, 0.25) is 0 Å². The number of hydrogen-bond donors (Lipinski definition) is 1. The molecule has 1 heterocycles.